The van der Waals surface area contributed by atoms with Crippen molar-refractivity contribution in [1.82, 2.24) is 0 Å². The molecule has 0 aliphatic rings. The van der Waals surface area contributed by atoms with Crippen molar-refractivity contribution in [1.29, 1.82) is 0 Å². The van der Waals surface area contributed by atoms with Crippen LogP contribution in [0.4, 0.5) is 0 Å². The summed E-state index contributed by atoms with van der Waals surface area (Å²) in [5, 5.41) is 10.2. The van der Waals surface area contributed by atoms with Crippen LogP contribution >= 0.6 is 10.7 Å². The quantitative estimate of drug-likeness (QED) is 0.0751. The maximum absolute atomic E-state index is 12.0. The molecule has 0 aliphatic heterocycles. The smallest absolute Gasteiger partial charge is 0.336 e. The summed E-state index contributed by atoms with van der Waals surface area (Å²) in [4.78, 5) is 22.4. The SMILES string of the molecule is Cc1ccc(S(=O)(=O)Cl)cc1.Cc1ccc(S(=O)(=O)OCCOc2ccc3ccc(=O)oc3c2)cc1.O=c1ccc2ccc(OCCO)cc2o1. The van der Waals surface area contributed by atoms with E-state index in [0.29, 0.717) is 22.7 Å². The first-order valence-corrected chi connectivity index (χ1v) is 18.9. The molecule has 2 heterocycles. The predicted molar refractivity (Wildman–Crippen MR) is 192 cm³/mol. The van der Waals surface area contributed by atoms with E-state index < -0.39 is 24.8 Å². The number of aliphatic hydroxyl groups excluding tert-OH is 1. The van der Waals surface area contributed by atoms with Gasteiger partial charge in [-0.3, -0.25) is 4.18 Å². The van der Waals surface area contributed by atoms with Gasteiger partial charge in [-0.25, -0.2) is 18.0 Å². The van der Waals surface area contributed by atoms with Gasteiger partial charge in [-0.05, 0) is 74.5 Å². The van der Waals surface area contributed by atoms with Gasteiger partial charge in [0.05, 0.1) is 16.4 Å². The highest BCUT2D eigenvalue weighted by Gasteiger charge is 2.14. The van der Waals surface area contributed by atoms with Crippen molar-refractivity contribution in [3.8, 4) is 11.5 Å². The Balaban J connectivity index is 0.000000190. The second-order valence-corrected chi connectivity index (χ2v) is 14.9. The average molecular weight is 757 g/mol. The lowest BCUT2D eigenvalue weighted by molar-refractivity contribution is 0.201. The Morgan fingerprint density at radius 3 is 1.47 bits per heavy atom. The third-order valence-electron chi connectivity index (χ3n) is 6.75. The summed E-state index contributed by atoms with van der Waals surface area (Å²) in [5.41, 5.74) is 2.02. The molecular weight excluding hydrogens is 724 g/mol. The highest BCUT2D eigenvalue weighted by Crippen LogP contribution is 2.21. The molecule has 0 radical (unpaired) electrons. The molecule has 4 aromatic carbocycles. The standard InChI is InChI=1S/C18H16O6S.C11H10O4.C7H7ClO2S/c1-13-2-7-16(8-3-13)25(20,21)23-11-10-22-15-6-4-14-5-9-18(19)24-17(14)12-15;12-5-6-14-9-3-1-8-2-4-11(13)15-10(8)7-9;1-6-2-4-7(5-3-6)11(8,9)10/h2-9,12H,10-11H2,1H3;1-4,7,12H,5-6H2;2-5H,1H3. The molecule has 6 aromatic rings. The molecule has 0 unspecified atom stereocenters. The maximum Gasteiger partial charge on any atom is 0.336 e. The minimum absolute atomic E-state index is 0.0354. The molecule has 0 atom stereocenters. The lowest BCUT2D eigenvalue weighted by atomic mass is 10.2. The normalized spacial score (nSPS) is 11.2. The molecule has 6 rings (SSSR count). The van der Waals surface area contributed by atoms with Gasteiger partial charge in [0.2, 0.25) is 0 Å². The average Bonchev–Trinajstić information content (AvgIpc) is 3.09. The fraction of sp³-hybridized carbons (Fsp3) is 0.167. The summed E-state index contributed by atoms with van der Waals surface area (Å²) in [5.74, 6) is 1.03. The topological polar surface area (TPSA) is 177 Å². The van der Waals surface area contributed by atoms with Crippen LogP contribution in [0.2, 0.25) is 0 Å². The fourth-order valence-corrected chi connectivity index (χ4v) is 5.86. The molecule has 2 aromatic heterocycles. The number of hydrogen-bond acceptors (Lipinski definition) is 12. The molecule has 0 fully saturated rings. The van der Waals surface area contributed by atoms with Gasteiger partial charge in [0.25, 0.3) is 19.2 Å². The number of halogens is 1. The number of aliphatic hydroxyl groups is 1. The molecular formula is C36H33ClO12S2. The molecule has 268 valence electrons. The van der Waals surface area contributed by atoms with Crippen LogP contribution in [0.5, 0.6) is 11.5 Å². The molecule has 15 heteroatoms. The minimum Gasteiger partial charge on any atom is -0.491 e. The molecule has 0 aliphatic carbocycles. The van der Waals surface area contributed by atoms with Crippen molar-refractivity contribution in [2.75, 3.05) is 26.4 Å². The lowest BCUT2D eigenvalue weighted by Crippen LogP contribution is -2.13. The summed E-state index contributed by atoms with van der Waals surface area (Å²) in [6, 6.07) is 29.1. The summed E-state index contributed by atoms with van der Waals surface area (Å²) in [7, 11) is -2.28. The van der Waals surface area contributed by atoms with Crippen molar-refractivity contribution < 1.29 is 44.4 Å². The Labute approximate surface area is 298 Å². The minimum atomic E-state index is -3.81. The van der Waals surface area contributed by atoms with Crippen molar-refractivity contribution in [3.05, 3.63) is 141 Å². The van der Waals surface area contributed by atoms with Gasteiger partial charge < -0.3 is 23.4 Å². The van der Waals surface area contributed by atoms with E-state index in [-0.39, 0.29) is 41.8 Å². The Hall–Kier alpha value is -4.99. The van der Waals surface area contributed by atoms with Gasteiger partial charge in [0.15, 0.2) is 0 Å². The van der Waals surface area contributed by atoms with Crippen LogP contribution in [0, 0.1) is 13.8 Å². The zero-order chi connectivity index (χ0) is 37.0. The van der Waals surface area contributed by atoms with E-state index in [1.165, 1.54) is 36.4 Å². The van der Waals surface area contributed by atoms with Gasteiger partial charge in [-0.1, -0.05) is 35.4 Å². The van der Waals surface area contributed by atoms with Crippen molar-refractivity contribution in [2.24, 2.45) is 0 Å². The Kier molecular flexibility index (Phi) is 13.5. The predicted octanol–water partition coefficient (Wildman–Crippen LogP) is 5.97. The van der Waals surface area contributed by atoms with Crippen LogP contribution in [0.1, 0.15) is 11.1 Å². The van der Waals surface area contributed by atoms with Crippen LogP contribution < -0.4 is 20.7 Å². The summed E-state index contributed by atoms with van der Waals surface area (Å²) < 4.78 is 71.2. The van der Waals surface area contributed by atoms with E-state index in [0.717, 1.165) is 21.9 Å². The zero-order valence-corrected chi connectivity index (χ0v) is 29.7. The molecule has 0 bridgehead atoms. The first kappa shape index (κ1) is 38.8. The van der Waals surface area contributed by atoms with E-state index in [1.54, 1.807) is 72.8 Å². The van der Waals surface area contributed by atoms with Crippen LogP contribution in [0.3, 0.4) is 0 Å². The van der Waals surface area contributed by atoms with E-state index in [1.807, 2.05) is 13.8 Å². The van der Waals surface area contributed by atoms with Gasteiger partial charge in [0.1, 0.15) is 42.5 Å². The first-order valence-electron chi connectivity index (χ1n) is 15.2. The van der Waals surface area contributed by atoms with Crippen LogP contribution in [0.15, 0.2) is 137 Å². The van der Waals surface area contributed by atoms with Crippen LogP contribution in [-0.4, -0.2) is 48.4 Å². The van der Waals surface area contributed by atoms with Crippen molar-refractivity contribution in [2.45, 2.75) is 23.6 Å². The van der Waals surface area contributed by atoms with E-state index in [2.05, 4.69) is 0 Å². The van der Waals surface area contributed by atoms with Gasteiger partial charge >= 0.3 is 11.3 Å². The number of fused-ring (bicyclic) bond motifs is 2. The highest BCUT2D eigenvalue weighted by molar-refractivity contribution is 8.13. The second-order valence-electron chi connectivity index (χ2n) is 10.7. The third kappa shape index (κ3) is 12.1. The Bertz CT molecular complexity index is 2410. The summed E-state index contributed by atoms with van der Waals surface area (Å²) in [6.07, 6.45) is 0. The van der Waals surface area contributed by atoms with E-state index in [4.69, 9.17) is 38.3 Å². The second kappa shape index (κ2) is 17.8. The largest absolute Gasteiger partial charge is 0.491 e. The van der Waals surface area contributed by atoms with Gasteiger partial charge in [-0.15, -0.1) is 0 Å². The van der Waals surface area contributed by atoms with Gasteiger partial charge in [0, 0.05) is 45.7 Å². The molecule has 12 nitrogen and oxygen atoms in total. The first-order chi connectivity index (χ1) is 24.2. The zero-order valence-electron chi connectivity index (χ0n) is 27.4. The van der Waals surface area contributed by atoms with E-state index >= 15 is 0 Å². The van der Waals surface area contributed by atoms with Gasteiger partial charge in [-0.2, -0.15) is 8.42 Å². The highest BCUT2D eigenvalue weighted by atomic mass is 35.7. The lowest BCUT2D eigenvalue weighted by Gasteiger charge is -2.08. The third-order valence-corrected chi connectivity index (χ3v) is 9.45. The number of hydrogen-bond donors (Lipinski definition) is 1. The van der Waals surface area contributed by atoms with E-state index in [9.17, 15) is 26.4 Å². The molecule has 0 spiro atoms. The number of benzene rings is 4. The number of ether oxygens (including phenoxy) is 2. The summed E-state index contributed by atoms with van der Waals surface area (Å²) >= 11 is 0. The van der Waals surface area contributed by atoms with Crippen molar-refractivity contribution >= 4 is 51.8 Å². The number of aryl methyl sites for hydroxylation is 2. The van der Waals surface area contributed by atoms with Crippen LogP contribution in [-0.2, 0) is 23.4 Å². The van der Waals surface area contributed by atoms with Crippen molar-refractivity contribution in [3.63, 3.8) is 0 Å². The Morgan fingerprint density at radius 1 is 0.588 bits per heavy atom. The number of rotatable bonds is 10. The monoisotopic (exact) mass is 756 g/mol. The molecule has 51 heavy (non-hydrogen) atoms. The molecule has 1 N–H and O–H groups in total. The molecule has 0 saturated carbocycles. The Morgan fingerprint density at radius 2 is 1.02 bits per heavy atom. The summed E-state index contributed by atoms with van der Waals surface area (Å²) in [6.45, 7) is 3.83. The maximum atomic E-state index is 12.0. The van der Waals surface area contributed by atoms with Crippen LogP contribution in [0.25, 0.3) is 21.9 Å². The molecule has 0 saturated heterocycles. The fourth-order valence-electron chi connectivity index (χ4n) is 4.20. The molecule has 0 amide bonds.